The second-order valence-electron chi connectivity index (χ2n) is 6.77. The standard InChI is InChI=1S/C16H24N6O/c1-12-17-18-16(20(12)2)11-22-7-5-21(6-8-22)10-14-9-15(23-19-14)13-3-4-13/h9,13H,3-8,10-11H2,1-2H3. The highest BCUT2D eigenvalue weighted by atomic mass is 16.5. The van der Waals surface area contributed by atoms with Crippen molar-refractivity contribution in [3.63, 3.8) is 0 Å². The summed E-state index contributed by atoms with van der Waals surface area (Å²) in [6.45, 7) is 7.99. The molecule has 7 nitrogen and oxygen atoms in total. The Bertz CT molecular complexity index is 666. The van der Waals surface area contributed by atoms with E-state index in [1.165, 1.54) is 12.8 Å². The van der Waals surface area contributed by atoms with Crippen LogP contribution in [-0.4, -0.2) is 55.9 Å². The maximum absolute atomic E-state index is 5.44. The topological polar surface area (TPSA) is 63.2 Å². The summed E-state index contributed by atoms with van der Waals surface area (Å²) >= 11 is 0. The van der Waals surface area contributed by atoms with Crippen LogP contribution in [0.3, 0.4) is 0 Å². The van der Waals surface area contributed by atoms with E-state index in [4.69, 9.17) is 4.52 Å². The van der Waals surface area contributed by atoms with E-state index in [9.17, 15) is 0 Å². The van der Waals surface area contributed by atoms with E-state index in [-0.39, 0.29) is 0 Å². The molecule has 1 saturated heterocycles. The molecule has 124 valence electrons. The van der Waals surface area contributed by atoms with E-state index in [0.717, 1.165) is 62.4 Å². The Morgan fingerprint density at radius 3 is 2.39 bits per heavy atom. The molecule has 0 amide bonds. The van der Waals surface area contributed by atoms with Crippen LogP contribution in [0.25, 0.3) is 0 Å². The molecule has 23 heavy (non-hydrogen) atoms. The van der Waals surface area contributed by atoms with E-state index in [2.05, 4.69) is 35.8 Å². The van der Waals surface area contributed by atoms with Crippen LogP contribution in [0.1, 0.15) is 41.9 Å². The van der Waals surface area contributed by atoms with Crippen molar-refractivity contribution in [3.05, 3.63) is 29.2 Å². The summed E-state index contributed by atoms with van der Waals surface area (Å²) in [5, 5.41) is 12.6. The van der Waals surface area contributed by atoms with E-state index in [1.807, 2.05) is 14.0 Å². The Balaban J connectivity index is 1.27. The van der Waals surface area contributed by atoms with Crippen molar-refractivity contribution in [1.29, 1.82) is 0 Å². The minimum absolute atomic E-state index is 0.642. The molecule has 0 bridgehead atoms. The number of nitrogens with zero attached hydrogens (tertiary/aromatic N) is 6. The molecule has 0 aromatic carbocycles. The second-order valence-corrected chi connectivity index (χ2v) is 6.77. The highest BCUT2D eigenvalue weighted by Gasteiger charge is 2.28. The number of rotatable bonds is 5. The third kappa shape index (κ3) is 3.30. The molecule has 0 atom stereocenters. The minimum atomic E-state index is 0.642. The third-order valence-electron chi connectivity index (χ3n) is 4.96. The molecule has 0 spiro atoms. The molecule has 3 heterocycles. The van der Waals surface area contributed by atoms with E-state index in [1.54, 1.807) is 0 Å². The smallest absolute Gasteiger partial charge is 0.146 e. The van der Waals surface area contributed by atoms with Gasteiger partial charge in [-0.05, 0) is 19.8 Å². The van der Waals surface area contributed by atoms with Gasteiger partial charge < -0.3 is 9.09 Å². The van der Waals surface area contributed by atoms with Gasteiger partial charge in [0.15, 0.2) is 0 Å². The van der Waals surface area contributed by atoms with Crippen LogP contribution in [-0.2, 0) is 20.1 Å². The summed E-state index contributed by atoms with van der Waals surface area (Å²) in [5.74, 6) is 3.73. The van der Waals surface area contributed by atoms with Gasteiger partial charge in [0.25, 0.3) is 0 Å². The predicted octanol–water partition coefficient (Wildman–Crippen LogP) is 1.31. The maximum Gasteiger partial charge on any atom is 0.146 e. The first kappa shape index (κ1) is 14.8. The normalized spacial score (nSPS) is 20.3. The van der Waals surface area contributed by atoms with Crippen molar-refractivity contribution in [2.45, 2.75) is 38.8 Å². The molecule has 1 saturated carbocycles. The van der Waals surface area contributed by atoms with Crippen LogP contribution in [0.15, 0.2) is 10.6 Å². The third-order valence-corrected chi connectivity index (χ3v) is 4.96. The van der Waals surface area contributed by atoms with E-state index < -0.39 is 0 Å². The van der Waals surface area contributed by atoms with Gasteiger partial charge in [-0.15, -0.1) is 10.2 Å². The molecule has 0 unspecified atom stereocenters. The van der Waals surface area contributed by atoms with E-state index >= 15 is 0 Å². The average molecular weight is 316 g/mol. The Morgan fingerprint density at radius 1 is 1.09 bits per heavy atom. The fraction of sp³-hybridized carbons (Fsp3) is 0.688. The molecule has 2 aromatic heterocycles. The quantitative estimate of drug-likeness (QED) is 0.829. The Hall–Kier alpha value is -1.73. The van der Waals surface area contributed by atoms with Crippen molar-refractivity contribution in [1.82, 2.24) is 29.7 Å². The number of aryl methyl sites for hydroxylation is 1. The zero-order chi connectivity index (χ0) is 15.8. The Labute approximate surface area is 136 Å². The first-order valence-electron chi connectivity index (χ1n) is 8.44. The molecule has 7 heteroatoms. The lowest BCUT2D eigenvalue weighted by Crippen LogP contribution is -2.45. The van der Waals surface area contributed by atoms with Crippen LogP contribution in [0.4, 0.5) is 0 Å². The summed E-state index contributed by atoms with van der Waals surface area (Å²) in [4.78, 5) is 4.89. The first-order chi connectivity index (χ1) is 11.2. The lowest BCUT2D eigenvalue weighted by atomic mass is 10.2. The van der Waals surface area contributed by atoms with Gasteiger partial charge in [-0.2, -0.15) is 0 Å². The van der Waals surface area contributed by atoms with Gasteiger partial charge in [-0.3, -0.25) is 9.80 Å². The average Bonchev–Trinajstić information content (AvgIpc) is 3.24. The van der Waals surface area contributed by atoms with Gasteiger partial charge in [0.1, 0.15) is 17.4 Å². The van der Waals surface area contributed by atoms with Crippen molar-refractivity contribution in [2.75, 3.05) is 26.2 Å². The van der Waals surface area contributed by atoms with Crippen molar-refractivity contribution in [3.8, 4) is 0 Å². The summed E-state index contributed by atoms with van der Waals surface area (Å²) in [6, 6.07) is 2.15. The SMILES string of the molecule is Cc1nnc(CN2CCN(Cc3cc(C4CC4)on3)CC2)n1C. The molecule has 2 aliphatic rings. The van der Waals surface area contributed by atoms with Crippen LogP contribution in [0, 0.1) is 6.92 Å². The van der Waals surface area contributed by atoms with Crippen LogP contribution in [0.5, 0.6) is 0 Å². The second kappa shape index (κ2) is 6.05. The molecule has 1 aliphatic carbocycles. The lowest BCUT2D eigenvalue weighted by molar-refractivity contribution is 0.117. The van der Waals surface area contributed by atoms with Crippen LogP contribution < -0.4 is 0 Å². The fourth-order valence-corrected chi connectivity index (χ4v) is 3.09. The number of hydrogen-bond donors (Lipinski definition) is 0. The Kier molecular flexibility index (Phi) is 3.90. The molecule has 2 aromatic rings. The molecule has 2 fully saturated rings. The van der Waals surface area contributed by atoms with Crippen LogP contribution in [0.2, 0.25) is 0 Å². The number of hydrogen-bond acceptors (Lipinski definition) is 6. The predicted molar refractivity (Wildman–Crippen MR) is 84.8 cm³/mol. The zero-order valence-corrected chi connectivity index (χ0v) is 13.9. The molecule has 0 radical (unpaired) electrons. The summed E-state index contributed by atoms with van der Waals surface area (Å²) in [7, 11) is 2.03. The van der Waals surface area contributed by atoms with E-state index in [0.29, 0.717) is 5.92 Å². The Morgan fingerprint density at radius 2 is 1.78 bits per heavy atom. The summed E-state index contributed by atoms with van der Waals surface area (Å²) in [6.07, 6.45) is 2.52. The largest absolute Gasteiger partial charge is 0.361 e. The van der Waals surface area contributed by atoms with Crippen molar-refractivity contribution in [2.24, 2.45) is 7.05 Å². The van der Waals surface area contributed by atoms with Gasteiger partial charge in [-0.1, -0.05) is 5.16 Å². The summed E-state index contributed by atoms with van der Waals surface area (Å²) in [5.41, 5.74) is 1.07. The lowest BCUT2D eigenvalue weighted by Gasteiger charge is -2.33. The zero-order valence-electron chi connectivity index (χ0n) is 13.9. The van der Waals surface area contributed by atoms with Crippen LogP contribution >= 0.6 is 0 Å². The molecule has 4 rings (SSSR count). The maximum atomic E-state index is 5.44. The molecular formula is C16H24N6O. The molecule has 0 N–H and O–H groups in total. The highest BCUT2D eigenvalue weighted by molar-refractivity contribution is 5.14. The van der Waals surface area contributed by atoms with Gasteiger partial charge in [0.2, 0.25) is 0 Å². The van der Waals surface area contributed by atoms with Gasteiger partial charge in [-0.25, -0.2) is 0 Å². The highest BCUT2D eigenvalue weighted by Crippen LogP contribution is 2.40. The molecule has 1 aliphatic heterocycles. The monoisotopic (exact) mass is 316 g/mol. The first-order valence-corrected chi connectivity index (χ1v) is 8.44. The number of aromatic nitrogens is 4. The summed E-state index contributed by atoms with van der Waals surface area (Å²) < 4.78 is 7.51. The van der Waals surface area contributed by atoms with Crippen molar-refractivity contribution < 1.29 is 4.52 Å². The fourth-order valence-electron chi connectivity index (χ4n) is 3.09. The van der Waals surface area contributed by atoms with Gasteiger partial charge in [0.05, 0.1) is 12.2 Å². The van der Waals surface area contributed by atoms with Crippen molar-refractivity contribution >= 4 is 0 Å². The minimum Gasteiger partial charge on any atom is -0.361 e. The molecular weight excluding hydrogens is 292 g/mol. The van der Waals surface area contributed by atoms with Gasteiger partial charge >= 0.3 is 0 Å². The number of piperazine rings is 1. The van der Waals surface area contributed by atoms with Gasteiger partial charge in [0, 0.05) is 51.8 Å².